The molecule has 1 rings (SSSR count). The molecule has 1 aromatic rings. The van der Waals surface area contributed by atoms with E-state index in [0.29, 0.717) is 5.56 Å². The minimum atomic E-state index is -4.72. The smallest absolute Gasteiger partial charge is 0.425 e. The summed E-state index contributed by atoms with van der Waals surface area (Å²) < 4.78 is 39.8. The second-order valence-electron chi connectivity index (χ2n) is 4.02. The summed E-state index contributed by atoms with van der Waals surface area (Å²) in [7, 11) is 0. The number of halogens is 4. The van der Waals surface area contributed by atoms with Crippen molar-refractivity contribution in [2.45, 2.75) is 18.6 Å². The fourth-order valence-electron chi connectivity index (χ4n) is 1.43. The van der Waals surface area contributed by atoms with Crippen LogP contribution in [0.5, 0.6) is 0 Å². The first-order valence-corrected chi connectivity index (χ1v) is 6.00. The summed E-state index contributed by atoms with van der Waals surface area (Å²) in [6.45, 7) is -1.84. The van der Waals surface area contributed by atoms with Gasteiger partial charge in [0, 0.05) is 18.2 Å². The molecule has 5 nitrogen and oxygen atoms in total. The first-order chi connectivity index (χ1) is 9.70. The van der Waals surface area contributed by atoms with Crippen molar-refractivity contribution in [3.8, 4) is 0 Å². The van der Waals surface area contributed by atoms with Crippen LogP contribution in [0.2, 0.25) is 0 Å². The minimum absolute atomic E-state index is 0.112. The standard InChI is InChI=1S/C12H11ClF3NO4/c13-17(11(20)21-7-12(14,15)16)9(10(18)19)6-8-4-2-1-3-5-8/h1-5,9H,6-7H2,(H,18,19)/t9-/m0/s1. The Morgan fingerprint density at radius 3 is 2.33 bits per heavy atom. The van der Waals surface area contributed by atoms with Crippen LogP contribution in [-0.4, -0.2) is 40.4 Å². The Balaban J connectivity index is 2.71. The van der Waals surface area contributed by atoms with Crippen LogP contribution >= 0.6 is 11.8 Å². The highest BCUT2D eigenvalue weighted by Gasteiger charge is 2.34. The van der Waals surface area contributed by atoms with Gasteiger partial charge in [0.05, 0.1) is 0 Å². The van der Waals surface area contributed by atoms with Crippen molar-refractivity contribution in [1.82, 2.24) is 4.42 Å². The lowest BCUT2D eigenvalue weighted by molar-refractivity contribution is -0.162. The number of benzene rings is 1. The molecule has 0 aliphatic heterocycles. The molecule has 0 saturated carbocycles. The van der Waals surface area contributed by atoms with E-state index in [4.69, 9.17) is 16.9 Å². The van der Waals surface area contributed by atoms with Crippen LogP contribution in [-0.2, 0) is 16.0 Å². The van der Waals surface area contributed by atoms with Gasteiger partial charge in [0.15, 0.2) is 12.6 Å². The van der Waals surface area contributed by atoms with Crippen molar-refractivity contribution in [3.05, 3.63) is 35.9 Å². The van der Waals surface area contributed by atoms with Gasteiger partial charge in [0.2, 0.25) is 0 Å². The second kappa shape index (κ2) is 7.16. The largest absolute Gasteiger partial charge is 0.480 e. The first kappa shape index (κ1) is 17.1. The number of hydrogen-bond acceptors (Lipinski definition) is 3. The molecule has 9 heteroatoms. The van der Waals surface area contributed by atoms with E-state index >= 15 is 0 Å². The Hall–Kier alpha value is -1.96. The molecule has 21 heavy (non-hydrogen) atoms. The van der Waals surface area contributed by atoms with Crippen molar-refractivity contribution < 1.29 is 32.6 Å². The lowest BCUT2D eigenvalue weighted by Crippen LogP contribution is -2.41. The summed E-state index contributed by atoms with van der Waals surface area (Å²) in [6.07, 6.45) is -6.45. The molecular weight excluding hydrogens is 315 g/mol. The van der Waals surface area contributed by atoms with E-state index in [1.807, 2.05) is 0 Å². The lowest BCUT2D eigenvalue weighted by Gasteiger charge is -2.21. The van der Waals surface area contributed by atoms with Crippen molar-refractivity contribution in [3.63, 3.8) is 0 Å². The van der Waals surface area contributed by atoms with Crippen LogP contribution in [0.4, 0.5) is 18.0 Å². The fourth-order valence-corrected chi connectivity index (χ4v) is 1.64. The molecule has 1 atom stereocenters. The third-order valence-electron chi connectivity index (χ3n) is 2.36. The van der Waals surface area contributed by atoms with Crippen LogP contribution in [0.15, 0.2) is 30.3 Å². The normalized spacial score (nSPS) is 12.6. The summed E-state index contributed by atoms with van der Waals surface area (Å²) in [6, 6.07) is 6.65. The van der Waals surface area contributed by atoms with Gasteiger partial charge in [0.25, 0.3) is 0 Å². The maximum Gasteiger partial charge on any atom is 0.425 e. The van der Waals surface area contributed by atoms with Gasteiger partial charge in [-0.3, -0.25) is 0 Å². The van der Waals surface area contributed by atoms with Gasteiger partial charge in [-0.1, -0.05) is 30.3 Å². The van der Waals surface area contributed by atoms with Crippen LogP contribution < -0.4 is 0 Å². The van der Waals surface area contributed by atoms with Crippen molar-refractivity contribution >= 4 is 23.8 Å². The predicted molar refractivity (Wildman–Crippen MR) is 66.7 cm³/mol. The molecular formula is C12H11ClF3NO4. The van der Waals surface area contributed by atoms with Gasteiger partial charge < -0.3 is 9.84 Å². The topological polar surface area (TPSA) is 66.8 Å². The Labute approximate surface area is 123 Å². The van der Waals surface area contributed by atoms with Crippen molar-refractivity contribution in [1.29, 1.82) is 0 Å². The molecule has 1 amide bonds. The van der Waals surface area contributed by atoms with Gasteiger partial charge in [-0.2, -0.15) is 13.2 Å². The number of carbonyl (C=O) groups excluding carboxylic acids is 1. The molecule has 0 aromatic heterocycles. The fraction of sp³-hybridized carbons (Fsp3) is 0.333. The molecule has 0 bridgehead atoms. The van der Waals surface area contributed by atoms with E-state index in [1.54, 1.807) is 30.3 Å². The number of alkyl halides is 3. The Bertz CT molecular complexity index is 495. The Kier molecular flexibility index (Phi) is 5.83. The van der Waals surface area contributed by atoms with E-state index in [1.165, 1.54) is 0 Å². The highest BCUT2D eigenvalue weighted by molar-refractivity contribution is 6.21. The highest BCUT2D eigenvalue weighted by Crippen LogP contribution is 2.18. The van der Waals surface area contributed by atoms with Gasteiger partial charge in [0.1, 0.15) is 0 Å². The van der Waals surface area contributed by atoms with E-state index in [2.05, 4.69) is 4.74 Å². The summed E-state index contributed by atoms with van der Waals surface area (Å²) in [4.78, 5) is 22.4. The second-order valence-corrected chi connectivity index (χ2v) is 4.39. The van der Waals surface area contributed by atoms with Crippen LogP contribution in [0.25, 0.3) is 0 Å². The molecule has 0 aliphatic carbocycles. The Morgan fingerprint density at radius 1 is 1.29 bits per heavy atom. The van der Waals surface area contributed by atoms with E-state index < -0.39 is 30.9 Å². The third-order valence-corrected chi connectivity index (χ3v) is 2.74. The average molecular weight is 326 g/mol. The maximum atomic E-state index is 11.9. The van der Waals surface area contributed by atoms with Crippen LogP contribution in [0.3, 0.4) is 0 Å². The number of nitrogens with zero attached hydrogens (tertiary/aromatic N) is 1. The van der Waals surface area contributed by atoms with Crippen LogP contribution in [0, 0.1) is 0 Å². The predicted octanol–water partition coefficient (Wildman–Crippen LogP) is 2.84. The zero-order valence-electron chi connectivity index (χ0n) is 10.5. The summed E-state index contributed by atoms with van der Waals surface area (Å²) in [5.41, 5.74) is 0.555. The molecule has 1 N–H and O–H groups in total. The first-order valence-electron chi connectivity index (χ1n) is 5.66. The van der Waals surface area contributed by atoms with E-state index in [0.717, 1.165) is 0 Å². The molecule has 0 radical (unpaired) electrons. The number of amides is 1. The van der Waals surface area contributed by atoms with Crippen molar-refractivity contribution in [2.24, 2.45) is 0 Å². The van der Waals surface area contributed by atoms with Gasteiger partial charge >= 0.3 is 18.2 Å². The average Bonchev–Trinajstić information content (AvgIpc) is 2.41. The van der Waals surface area contributed by atoms with Gasteiger partial charge in [-0.15, -0.1) is 0 Å². The van der Waals surface area contributed by atoms with Gasteiger partial charge in [-0.25, -0.2) is 14.0 Å². The number of carboxylic acid groups (broad SMARTS) is 1. The number of carbonyl (C=O) groups is 2. The van der Waals surface area contributed by atoms with Crippen molar-refractivity contribution in [2.75, 3.05) is 6.61 Å². The lowest BCUT2D eigenvalue weighted by atomic mass is 10.1. The summed E-state index contributed by atoms with van der Waals surface area (Å²) in [5.74, 6) is -1.46. The molecule has 0 saturated heterocycles. The zero-order chi connectivity index (χ0) is 16.0. The molecule has 0 spiro atoms. The number of carboxylic acids is 1. The number of aliphatic carboxylic acids is 1. The third kappa shape index (κ3) is 5.90. The maximum absolute atomic E-state index is 11.9. The number of hydrogen-bond donors (Lipinski definition) is 1. The zero-order valence-corrected chi connectivity index (χ0v) is 11.3. The SMILES string of the molecule is O=C(O)[C@H](Cc1ccccc1)N(Cl)C(=O)OCC(F)(F)F. The van der Waals surface area contributed by atoms with Crippen LogP contribution in [0.1, 0.15) is 5.56 Å². The minimum Gasteiger partial charge on any atom is -0.480 e. The summed E-state index contributed by atoms with van der Waals surface area (Å²) in [5, 5.41) is 9.03. The quantitative estimate of drug-likeness (QED) is 0.845. The summed E-state index contributed by atoms with van der Waals surface area (Å²) >= 11 is 5.48. The number of ether oxygens (including phenoxy) is 1. The molecule has 0 heterocycles. The molecule has 1 aromatic carbocycles. The molecule has 0 aliphatic rings. The molecule has 0 unspecified atom stereocenters. The molecule has 116 valence electrons. The monoisotopic (exact) mass is 325 g/mol. The van der Waals surface area contributed by atoms with E-state index in [-0.39, 0.29) is 10.8 Å². The Morgan fingerprint density at radius 2 is 1.86 bits per heavy atom. The van der Waals surface area contributed by atoms with E-state index in [9.17, 15) is 22.8 Å². The van der Waals surface area contributed by atoms with Gasteiger partial charge in [-0.05, 0) is 5.56 Å². The number of rotatable bonds is 5. The highest BCUT2D eigenvalue weighted by atomic mass is 35.5. The molecule has 0 fully saturated rings.